The van der Waals surface area contributed by atoms with Gasteiger partial charge in [-0.2, -0.15) is 0 Å². The number of carbonyl (C=O) groups is 1. The summed E-state index contributed by atoms with van der Waals surface area (Å²) in [4.78, 5) is 18.9. The molecular formula is C16H20N2O2S. The van der Waals surface area contributed by atoms with Crippen LogP contribution in [0, 0.1) is 0 Å². The van der Waals surface area contributed by atoms with Crippen LogP contribution in [0.15, 0.2) is 24.3 Å². The highest BCUT2D eigenvalue weighted by Gasteiger charge is 2.27. The van der Waals surface area contributed by atoms with Crippen molar-refractivity contribution in [3.63, 3.8) is 0 Å². The van der Waals surface area contributed by atoms with Gasteiger partial charge in [0.25, 0.3) is 0 Å². The van der Waals surface area contributed by atoms with Crippen LogP contribution in [0.2, 0.25) is 0 Å². The minimum Gasteiger partial charge on any atom is -0.375 e. The van der Waals surface area contributed by atoms with E-state index in [1.807, 2.05) is 36.9 Å². The van der Waals surface area contributed by atoms with Crippen LogP contribution in [0.4, 0.5) is 0 Å². The lowest BCUT2D eigenvalue weighted by Crippen LogP contribution is -2.50. The van der Waals surface area contributed by atoms with Crippen LogP contribution in [0.25, 0.3) is 10.2 Å². The molecule has 112 valence electrons. The average Bonchev–Trinajstić information content (AvgIpc) is 2.90. The fourth-order valence-electron chi connectivity index (χ4n) is 2.64. The first-order valence-electron chi connectivity index (χ1n) is 7.39. The summed E-state index contributed by atoms with van der Waals surface area (Å²) < 4.78 is 6.76. The first-order chi connectivity index (χ1) is 10.1. The van der Waals surface area contributed by atoms with Crippen molar-refractivity contribution in [2.24, 2.45) is 0 Å². The van der Waals surface area contributed by atoms with Crippen LogP contribution in [0.5, 0.6) is 0 Å². The summed E-state index contributed by atoms with van der Waals surface area (Å²) in [5.41, 5.74) is 1.03. The number of benzene rings is 1. The number of ether oxygens (including phenoxy) is 1. The third-order valence-electron chi connectivity index (χ3n) is 3.82. The van der Waals surface area contributed by atoms with Crippen molar-refractivity contribution in [3.05, 3.63) is 29.3 Å². The second kappa shape index (κ2) is 6.12. The summed E-state index contributed by atoms with van der Waals surface area (Å²) in [5.74, 6) is 0.205. The van der Waals surface area contributed by atoms with Gasteiger partial charge in [0.2, 0.25) is 5.91 Å². The molecule has 1 aromatic heterocycles. The summed E-state index contributed by atoms with van der Waals surface area (Å²) in [6.45, 7) is 5.38. The molecule has 1 amide bonds. The standard InChI is InChI=1S/C16H20N2O2S/c1-11-10-20-12(2)9-18(11)16(19)8-7-15-17-13-5-3-4-6-14(13)21-15/h3-6,11-12H,7-10H2,1-2H3. The molecule has 1 aliphatic rings. The molecule has 0 saturated carbocycles. The maximum atomic E-state index is 12.4. The number of morpholine rings is 1. The van der Waals surface area contributed by atoms with Crippen molar-refractivity contribution in [2.75, 3.05) is 13.2 Å². The molecule has 2 aromatic rings. The van der Waals surface area contributed by atoms with Gasteiger partial charge in [0.05, 0.1) is 34.0 Å². The number of amides is 1. The minimum absolute atomic E-state index is 0.132. The van der Waals surface area contributed by atoms with Crippen molar-refractivity contribution in [2.45, 2.75) is 38.8 Å². The van der Waals surface area contributed by atoms with Gasteiger partial charge in [-0.1, -0.05) is 12.1 Å². The minimum atomic E-state index is 0.132. The molecule has 1 saturated heterocycles. The molecule has 0 bridgehead atoms. The van der Waals surface area contributed by atoms with Crippen molar-refractivity contribution in [3.8, 4) is 0 Å². The van der Waals surface area contributed by atoms with E-state index in [0.29, 0.717) is 19.6 Å². The topological polar surface area (TPSA) is 42.4 Å². The predicted octanol–water partition coefficient (Wildman–Crippen LogP) is 2.86. The molecule has 1 aliphatic heterocycles. The van der Waals surface area contributed by atoms with Gasteiger partial charge in [0, 0.05) is 19.4 Å². The fourth-order valence-corrected chi connectivity index (χ4v) is 3.60. The third kappa shape index (κ3) is 3.24. The lowest BCUT2D eigenvalue weighted by molar-refractivity contribution is -0.143. The van der Waals surface area contributed by atoms with E-state index in [4.69, 9.17) is 4.74 Å². The molecule has 0 radical (unpaired) electrons. The summed E-state index contributed by atoms with van der Waals surface area (Å²) in [6.07, 6.45) is 1.38. The molecule has 5 heteroatoms. The Bertz CT molecular complexity index is 607. The number of para-hydroxylation sites is 1. The van der Waals surface area contributed by atoms with Gasteiger partial charge in [-0.25, -0.2) is 4.98 Å². The molecule has 2 unspecified atom stereocenters. The molecule has 1 aromatic carbocycles. The number of aromatic nitrogens is 1. The molecule has 0 N–H and O–H groups in total. The molecule has 21 heavy (non-hydrogen) atoms. The summed E-state index contributed by atoms with van der Waals surface area (Å²) in [7, 11) is 0. The Morgan fingerprint density at radius 1 is 1.43 bits per heavy atom. The summed E-state index contributed by atoms with van der Waals surface area (Å²) in [6, 6.07) is 8.27. The first kappa shape index (κ1) is 14.5. The van der Waals surface area contributed by atoms with E-state index in [2.05, 4.69) is 11.1 Å². The Labute approximate surface area is 128 Å². The van der Waals surface area contributed by atoms with Crippen LogP contribution in [0.3, 0.4) is 0 Å². The number of hydrogen-bond acceptors (Lipinski definition) is 4. The zero-order valence-electron chi connectivity index (χ0n) is 12.4. The highest BCUT2D eigenvalue weighted by molar-refractivity contribution is 7.18. The van der Waals surface area contributed by atoms with Crippen LogP contribution in [-0.2, 0) is 16.0 Å². The van der Waals surface area contributed by atoms with Gasteiger partial charge in [-0.3, -0.25) is 4.79 Å². The number of carbonyl (C=O) groups excluding carboxylic acids is 1. The maximum Gasteiger partial charge on any atom is 0.223 e. The number of thiazole rings is 1. The van der Waals surface area contributed by atoms with Crippen LogP contribution in [-0.4, -0.2) is 41.1 Å². The van der Waals surface area contributed by atoms with Gasteiger partial charge in [-0.15, -0.1) is 11.3 Å². The Morgan fingerprint density at radius 3 is 3.05 bits per heavy atom. The van der Waals surface area contributed by atoms with Gasteiger partial charge in [-0.05, 0) is 26.0 Å². The van der Waals surface area contributed by atoms with Crippen LogP contribution < -0.4 is 0 Å². The number of rotatable bonds is 3. The van der Waals surface area contributed by atoms with Gasteiger partial charge >= 0.3 is 0 Å². The molecule has 2 heterocycles. The average molecular weight is 304 g/mol. The van der Waals surface area contributed by atoms with Gasteiger partial charge in [0.1, 0.15) is 0 Å². The largest absolute Gasteiger partial charge is 0.375 e. The Kier molecular flexibility index (Phi) is 4.22. The van der Waals surface area contributed by atoms with E-state index in [0.717, 1.165) is 16.9 Å². The quantitative estimate of drug-likeness (QED) is 0.875. The van der Waals surface area contributed by atoms with E-state index in [1.165, 1.54) is 4.70 Å². The van der Waals surface area contributed by atoms with Crippen molar-refractivity contribution in [1.29, 1.82) is 0 Å². The normalized spacial score (nSPS) is 22.7. The highest BCUT2D eigenvalue weighted by Crippen LogP contribution is 2.23. The van der Waals surface area contributed by atoms with E-state index in [-0.39, 0.29) is 18.1 Å². The SMILES string of the molecule is CC1CN(C(=O)CCc2nc3ccccc3s2)C(C)CO1. The maximum absolute atomic E-state index is 12.4. The van der Waals surface area contributed by atoms with Crippen LogP contribution >= 0.6 is 11.3 Å². The smallest absolute Gasteiger partial charge is 0.223 e. The molecular weight excluding hydrogens is 284 g/mol. The Hall–Kier alpha value is -1.46. The van der Waals surface area contributed by atoms with Crippen LogP contribution in [0.1, 0.15) is 25.3 Å². The fraction of sp³-hybridized carbons (Fsp3) is 0.500. The number of hydrogen-bond donors (Lipinski definition) is 0. The predicted molar refractivity (Wildman–Crippen MR) is 84.5 cm³/mol. The molecule has 1 fully saturated rings. The lowest BCUT2D eigenvalue weighted by Gasteiger charge is -2.36. The molecule has 4 nitrogen and oxygen atoms in total. The molecule has 2 atom stereocenters. The summed E-state index contributed by atoms with van der Waals surface area (Å²) >= 11 is 1.68. The van der Waals surface area contributed by atoms with E-state index in [1.54, 1.807) is 11.3 Å². The van der Waals surface area contributed by atoms with Gasteiger partial charge < -0.3 is 9.64 Å². The van der Waals surface area contributed by atoms with E-state index in [9.17, 15) is 4.79 Å². The van der Waals surface area contributed by atoms with Crippen molar-refractivity contribution >= 4 is 27.5 Å². The molecule has 0 spiro atoms. The van der Waals surface area contributed by atoms with Gasteiger partial charge in [0.15, 0.2) is 0 Å². The third-order valence-corrected chi connectivity index (χ3v) is 4.92. The summed E-state index contributed by atoms with van der Waals surface area (Å²) in [5, 5.41) is 1.04. The second-order valence-corrected chi connectivity index (χ2v) is 6.73. The number of fused-ring (bicyclic) bond motifs is 1. The van der Waals surface area contributed by atoms with Crippen molar-refractivity contribution < 1.29 is 9.53 Å². The second-order valence-electron chi connectivity index (χ2n) is 5.61. The lowest BCUT2D eigenvalue weighted by atomic mass is 10.1. The Morgan fingerprint density at radius 2 is 2.24 bits per heavy atom. The Balaban J connectivity index is 1.62. The van der Waals surface area contributed by atoms with E-state index < -0.39 is 0 Å². The monoisotopic (exact) mass is 304 g/mol. The van der Waals surface area contributed by atoms with Crippen molar-refractivity contribution in [1.82, 2.24) is 9.88 Å². The molecule has 3 rings (SSSR count). The van der Waals surface area contributed by atoms with E-state index >= 15 is 0 Å². The number of aryl methyl sites for hydroxylation is 1. The zero-order chi connectivity index (χ0) is 14.8. The first-order valence-corrected chi connectivity index (χ1v) is 8.20. The zero-order valence-corrected chi connectivity index (χ0v) is 13.2. The molecule has 0 aliphatic carbocycles. The number of nitrogens with zero attached hydrogens (tertiary/aromatic N) is 2. The highest BCUT2D eigenvalue weighted by atomic mass is 32.1.